The first-order valence-electron chi connectivity index (χ1n) is 9.67. The molecule has 0 atom stereocenters. The summed E-state index contributed by atoms with van der Waals surface area (Å²) in [6, 6.07) is 14.2. The van der Waals surface area contributed by atoms with Gasteiger partial charge in [0, 0.05) is 27.2 Å². The lowest BCUT2D eigenvalue weighted by atomic mass is 10.0. The first-order chi connectivity index (χ1) is 13.6. The number of benzene rings is 2. The van der Waals surface area contributed by atoms with Crippen LogP contribution in [0, 0.1) is 0 Å². The van der Waals surface area contributed by atoms with Crippen LogP contribution in [0.2, 0.25) is 0 Å². The molecule has 0 unspecified atom stereocenters. The number of carbonyl (C=O) groups is 1. The summed E-state index contributed by atoms with van der Waals surface area (Å²) in [4.78, 5) is 26.0. The zero-order chi connectivity index (χ0) is 19.5. The molecule has 0 saturated carbocycles. The van der Waals surface area contributed by atoms with Crippen LogP contribution < -0.4 is 15.1 Å². The molecule has 6 nitrogen and oxygen atoms in total. The fourth-order valence-corrected chi connectivity index (χ4v) is 3.68. The topological polar surface area (TPSA) is 61.4 Å². The molecule has 0 bridgehead atoms. The van der Waals surface area contributed by atoms with E-state index in [0.717, 1.165) is 41.2 Å². The van der Waals surface area contributed by atoms with Crippen molar-refractivity contribution < 1.29 is 4.79 Å². The van der Waals surface area contributed by atoms with Crippen molar-refractivity contribution in [1.82, 2.24) is 9.97 Å². The smallest absolute Gasteiger partial charge is 0.228 e. The van der Waals surface area contributed by atoms with Crippen molar-refractivity contribution in [3.63, 3.8) is 0 Å². The number of anilines is 3. The molecule has 2 aromatic carbocycles. The molecule has 1 N–H and O–H groups in total. The summed E-state index contributed by atoms with van der Waals surface area (Å²) in [5.41, 5.74) is 1.65. The van der Waals surface area contributed by atoms with E-state index in [9.17, 15) is 4.79 Å². The molecule has 6 heteroatoms. The van der Waals surface area contributed by atoms with E-state index in [-0.39, 0.29) is 5.91 Å². The van der Waals surface area contributed by atoms with Crippen molar-refractivity contribution in [2.75, 3.05) is 42.3 Å². The molecule has 28 heavy (non-hydrogen) atoms. The molecule has 1 fully saturated rings. The van der Waals surface area contributed by atoms with Gasteiger partial charge in [-0.25, -0.2) is 4.98 Å². The number of rotatable bonds is 5. The lowest BCUT2D eigenvalue weighted by Gasteiger charge is -2.21. The van der Waals surface area contributed by atoms with Gasteiger partial charge in [0.1, 0.15) is 5.69 Å². The maximum absolute atomic E-state index is 12.7. The Balaban J connectivity index is 1.55. The fraction of sp³-hybridized carbons (Fsp3) is 0.318. The lowest BCUT2D eigenvalue weighted by Crippen LogP contribution is -2.24. The summed E-state index contributed by atoms with van der Waals surface area (Å²) in [6.07, 6.45) is 4.37. The van der Waals surface area contributed by atoms with Crippen LogP contribution in [0.5, 0.6) is 0 Å². The SMILES string of the molecule is CN(C)c1nc(N2CCCC2)ncc1NC(=O)Cc1cccc2ccccc12. The third-order valence-electron chi connectivity index (χ3n) is 5.07. The molecular formula is C22H25N5O. The second kappa shape index (κ2) is 7.84. The number of fused-ring (bicyclic) bond motifs is 1. The van der Waals surface area contributed by atoms with Crippen molar-refractivity contribution >= 4 is 34.1 Å². The molecule has 0 spiro atoms. The van der Waals surface area contributed by atoms with E-state index in [1.54, 1.807) is 6.20 Å². The highest BCUT2D eigenvalue weighted by atomic mass is 16.1. The Hall–Kier alpha value is -3.15. The van der Waals surface area contributed by atoms with Crippen LogP contribution >= 0.6 is 0 Å². The fourth-order valence-electron chi connectivity index (χ4n) is 3.68. The van der Waals surface area contributed by atoms with Gasteiger partial charge in [0.15, 0.2) is 5.82 Å². The number of nitrogens with zero attached hydrogens (tertiary/aromatic N) is 4. The van der Waals surface area contributed by atoms with E-state index < -0.39 is 0 Å². The summed E-state index contributed by atoms with van der Waals surface area (Å²) in [7, 11) is 3.85. The number of hydrogen-bond acceptors (Lipinski definition) is 5. The van der Waals surface area contributed by atoms with Crippen LogP contribution in [-0.4, -0.2) is 43.1 Å². The summed E-state index contributed by atoms with van der Waals surface area (Å²) in [6.45, 7) is 1.97. The zero-order valence-corrected chi connectivity index (χ0v) is 16.4. The molecule has 0 aliphatic carbocycles. The van der Waals surface area contributed by atoms with Gasteiger partial charge in [0.05, 0.1) is 12.6 Å². The Morgan fingerprint density at radius 1 is 1.11 bits per heavy atom. The molecule has 3 aromatic rings. The molecule has 1 aliphatic rings. The number of aromatic nitrogens is 2. The maximum Gasteiger partial charge on any atom is 0.228 e. The van der Waals surface area contributed by atoms with Gasteiger partial charge in [-0.15, -0.1) is 0 Å². The Morgan fingerprint density at radius 3 is 2.64 bits per heavy atom. The average Bonchev–Trinajstić information content (AvgIpc) is 3.23. The van der Waals surface area contributed by atoms with Crippen molar-refractivity contribution in [2.24, 2.45) is 0 Å². The normalized spacial score (nSPS) is 13.7. The Labute approximate surface area is 165 Å². The van der Waals surface area contributed by atoms with Crippen molar-refractivity contribution in [3.8, 4) is 0 Å². The van der Waals surface area contributed by atoms with Gasteiger partial charge >= 0.3 is 0 Å². The molecule has 1 amide bonds. The highest BCUT2D eigenvalue weighted by Crippen LogP contribution is 2.26. The number of nitrogens with one attached hydrogen (secondary N) is 1. The second-order valence-electron chi connectivity index (χ2n) is 7.36. The zero-order valence-electron chi connectivity index (χ0n) is 16.4. The predicted octanol–water partition coefficient (Wildman–Crippen LogP) is 3.48. The molecule has 2 heterocycles. The third-order valence-corrected chi connectivity index (χ3v) is 5.07. The molecular weight excluding hydrogens is 350 g/mol. The Kier molecular flexibility index (Phi) is 5.10. The van der Waals surface area contributed by atoms with E-state index in [1.165, 1.54) is 12.8 Å². The first kappa shape index (κ1) is 18.2. The first-order valence-corrected chi connectivity index (χ1v) is 9.67. The van der Waals surface area contributed by atoms with Gasteiger partial charge in [-0.3, -0.25) is 4.79 Å². The van der Waals surface area contributed by atoms with E-state index in [0.29, 0.717) is 12.1 Å². The Morgan fingerprint density at radius 2 is 1.86 bits per heavy atom. The van der Waals surface area contributed by atoms with Gasteiger partial charge in [-0.2, -0.15) is 4.98 Å². The van der Waals surface area contributed by atoms with E-state index in [1.807, 2.05) is 43.3 Å². The minimum absolute atomic E-state index is 0.0722. The summed E-state index contributed by atoms with van der Waals surface area (Å²) < 4.78 is 0. The van der Waals surface area contributed by atoms with Gasteiger partial charge in [-0.05, 0) is 29.2 Å². The number of hydrogen-bond donors (Lipinski definition) is 1. The standard InChI is InChI=1S/C22H25N5O/c1-26(2)21-19(15-23-22(25-21)27-12-5-6-13-27)24-20(28)14-17-10-7-9-16-8-3-4-11-18(16)17/h3-4,7-11,15H,5-6,12-14H2,1-2H3,(H,24,28). The highest BCUT2D eigenvalue weighted by Gasteiger charge is 2.19. The number of amides is 1. The molecule has 1 aliphatic heterocycles. The van der Waals surface area contributed by atoms with Crippen LogP contribution in [0.3, 0.4) is 0 Å². The lowest BCUT2D eigenvalue weighted by molar-refractivity contribution is -0.115. The number of carbonyl (C=O) groups excluding carboxylic acids is 1. The maximum atomic E-state index is 12.7. The molecule has 1 saturated heterocycles. The molecule has 0 radical (unpaired) electrons. The van der Waals surface area contributed by atoms with Crippen molar-refractivity contribution in [1.29, 1.82) is 0 Å². The molecule has 4 rings (SSSR count). The van der Waals surface area contributed by atoms with E-state index in [4.69, 9.17) is 4.98 Å². The van der Waals surface area contributed by atoms with Crippen LogP contribution in [-0.2, 0) is 11.2 Å². The summed E-state index contributed by atoms with van der Waals surface area (Å²) in [5, 5.41) is 5.24. The van der Waals surface area contributed by atoms with Crippen LogP contribution in [0.1, 0.15) is 18.4 Å². The van der Waals surface area contributed by atoms with Crippen molar-refractivity contribution in [2.45, 2.75) is 19.3 Å². The average molecular weight is 375 g/mol. The van der Waals surface area contributed by atoms with Crippen LogP contribution in [0.15, 0.2) is 48.7 Å². The van der Waals surface area contributed by atoms with Crippen LogP contribution in [0.25, 0.3) is 10.8 Å². The van der Waals surface area contributed by atoms with Gasteiger partial charge in [0.25, 0.3) is 0 Å². The summed E-state index contributed by atoms with van der Waals surface area (Å²) >= 11 is 0. The van der Waals surface area contributed by atoms with Crippen LogP contribution in [0.4, 0.5) is 17.5 Å². The van der Waals surface area contributed by atoms with E-state index in [2.05, 4.69) is 33.4 Å². The highest BCUT2D eigenvalue weighted by molar-refractivity contribution is 5.97. The minimum Gasteiger partial charge on any atom is -0.361 e. The van der Waals surface area contributed by atoms with E-state index >= 15 is 0 Å². The largest absolute Gasteiger partial charge is 0.361 e. The Bertz CT molecular complexity index is 990. The quantitative estimate of drug-likeness (QED) is 0.740. The predicted molar refractivity (Wildman–Crippen MR) is 114 cm³/mol. The van der Waals surface area contributed by atoms with Gasteiger partial charge in [-0.1, -0.05) is 42.5 Å². The van der Waals surface area contributed by atoms with Crippen molar-refractivity contribution in [3.05, 3.63) is 54.2 Å². The monoisotopic (exact) mass is 375 g/mol. The van der Waals surface area contributed by atoms with Gasteiger partial charge in [0.2, 0.25) is 11.9 Å². The second-order valence-corrected chi connectivity index (χ2v) is 7.36. The summed E-state index contributed by atoms with van der Waals surface area (Å²) in [5.74, 6) is 1.38. The third kappa shape index (κ3) is 3.76. The molecule has 144 valence electrons. The van der Waals surface area contributed by atoms with Gasteiger partial charge < -0.3 is 15.1 Å². The molecule has 1 aromatic heterocycles. The minimum atomic E-state index is -0.0722.